The Morgan fingerprint density at radius 1 is 1.25 bits per heavy atom. The molecule has 0 saturated carbocycles. The van der Waals surface area contributed by atoms with E-state index in [1.807, 2.05) is 13.8 Å². The van der Waals surface area contributed by atoms with Crippen LogP contribution >= 0.6 is 0 Å². The van der Waals surface area contributed by atoms with Gasteiger partial charge in [-0.15, -0.1) is 0 Å². The highest BCUT2D eigenvalue weighted by Gasteiger charge is 2.26. The van der Waals surface area contributed by atoms with Crippen LogP contribution in [0.1, 0.15) is 37.3 Å². The van der Waals surface area contributed by atoms with Crippen molar-refractivity contribution in [2.24, 2.45) is 0 Å². The van der Waals surface area contributed by atoms with Gasteiger partial charge in [0, 0.05) is 12.5 Å². The fraction of sp³-hybridized carbons (Fsp3) is 0.600. The van der Waals surface area contributed by atoms with Gasteiger partial charge >= 0.3 is 6.18 Å². The molecule has 0 fully saturated rings. The topological polar surface area (TPSA) is 12.0 Å². The maximum Gasteiger partial charge on any atom is 0.389 e. The molecule has 1 unspecified atom stereocenters. The average molecular weight is 291 g/mol. The third-order valence-corrected chi connectivity index (χ3v) is 3.29. The molecule has 0 aromatic heterocycles. The van der Waals surface area contributed by atoms with Crippen LogP contribution in [0.15, 0.2) is 18.2 Å². The quantitative estimate of drug-likeness (QED) is 0.735. The number of hydrogen-bond acceptors (Lipinski definition) is 1. The zero-order chi connectivity index (χ0) is 15.2. The molecule has 0 aliphatic carbocycles. The molecule has 5 heteroatoms. The van der Waals surface area contributed by atoms with Gasteiger partial charge in [0.15, 0.2) is 0 Å². The summed E-state index contributed by atoms with van der Waals surface area (Å²) in [7, 11) is 0. The molecule has 1 nitrogen and oxygen atoms in total. The van der Waals surface area contributed by atoms with Crippen molar-refractivity contribution in [3.05, 3.63) is 35.1 Å². The number of rotatable bonds is 7. The van der Waals surface area contributed by atoms with Crippen LogP contribution in [0.25, 0.3) is 0 Å². The molecule has 114 valence electrons. The Balaban J connectivity index is 2.23. The van der Waals surface area contributed by atoms with Crippen molar-refractivity contribution in [2.45, 2.75) is 51.7 Å². The highest BCUT2D eigenvalue weighted by atomic mass is 19.4. The van der Waals surface area contributed by atoms with E-state index in [-0.39, 0.29) is 18.3 Å². The summed E-state index contributed by atoms with van der Waals surface area (Å²) < 4.78 is 48.9. The van der Waals surface area contributed by atoms with E-state index in [9.17, 15) is 17.6 Å². The minimum Gasteiger partial charge on any atom is -0.314 e. The molecule has 0 amide bonds. The number of aryl methyl sites for hydroxylation is 1. The van der Waals surface area contributed by atoms with Crippen molar-refractivity contribution < 1.29 is 17.6 Å². The van der Waals surface area contributed by atoms with Crippen LogP contribution in [0.4, 0.5) is 17.6 Å². The van der Waals surface area contributed by atoms with E-state index in [1.54, 1.807) is 6.07 Å². The zero-order valence-corrected chi connectivity index (χ0v) is 11.9. The first-order valence-corrected chi connectivity index (χ1v) is 6.83. The predicted octanol–water partition coefficient (Wildman–Crippen LogP) is 4.39. The Hall–Kier alpha value is -1.10. The summed E-state index contributed by atoms with van der Waals surface area (Å²) in [6, 6.07) is 4.72. The number of halogens is 4. The smallest absolute Gasteiger partial charge is 0.314 e. The maximum atomic E-state index is 12.9. The molecule has 1 aromatic rings. The third kappa shape index (κ3) is 6.89. The lowest BCUT2D eigenvalue weighted by Gasteiger charge is -2.15. The molecule has 0 radical (unpaired) electrons. The van der Waals surface area contributed by atoms with Gasteiger partial charge in [0.1, 0.15) is 5.82 Å². The summed E-state index contributed by atoms with van der Waals surface area (Å²) in [6.45, 7) is 4.42. The van der Waals surface area contributed by atoms with Gasteiger partial charge in [-0.25, -0.2) is 4.39 Å². The average Bonchev–Trinajstić information content (AvgIpc) is 2.30. The highest BCUT2D eigenvalue weighted by Crippen LogP contribution is 2.22. The van der Waals surface area contributed by atoms with Crippen LogP contribution < -0.4 is 5.32 Å². The third-order valence-electron chi connectivity index (χ3n) is 3.29. The van der Waals surface area contributed by atoms with Crippen LogP contribution in [0.5, 0.6) is 0 Å². The Labute approximate surface area is 117 Å². The molecule has 1 N–H and O–H groups in total. The van der Waals surface area contributed by atoms with E-state index in [1.165, 1.54) is 12.1 Å². The SMILES string of the molecule is Cc1cc(F)ccc1CCNC(C)CCCC(F)(F)F. The monoisotopic (exact) mass is 291 g/mol. The number of nitrogens with one attached hydrogen (secondary N) is 1. The van der Waals surface area contributed by atoms with Gasteiger partial charge in [-0.3, -0.25) is 0 Å². The Morgan fingerprint density at radius 3 is 2.55 bits per heavy atom. The van der Waals surface area contributed by atoms with Gasteiger partial charge < -0.3 is 5.32 Å². The standard InChI is InChI=1S/C15H21F4N/c1-11-10-14(16)6-5-13(11)7-9-20-12(2)4-3-8-15(17,18)19/h5-6,10,12,20H,3-4,7-9H2,1-2H3. The van der Waals surface area contributed by atoms with Crippen LogP contribution in [0, 0.1) is 12.7 Å². The van der Waals surface area contributed by atoms with Crippen LogP contribution in [0.3, 0.4) is 0 Å². The molecular weight excluding hydrogens is 270 g/mol. The first-order chi connectivity index (χ1) is 9.28. The minimum atomic E-state index is -4.06. The van der Waals surface area contributed by atoms with Crippen molar-refractivity contribution in [3.63, 3.8) is 0 Å². The fourth-order valence-electron chi connectivity index (χ4n) is 2.10. The van der Waals surface area contributed by atoms with Crippen molar-refractivity contribution in [1.82, 2.24) is 5.32 Å². The molecule has 1 aromatic carbocycles. The molecule has 0 aliphatic rings. The van der Waals surface area contributed by atoms with Gasteiger partial charge in [0.25, 0.3) is 0 Å². The molecule has 0 spiro atoms. The lowest BCUT2D eigenvalue weighted by Crippen LogP contribution is -2.28. The summed E-state index contributed by atoms with van der Waals surface area (Å²) in [6.07, 6.45) is -3.40. The largest absolute Gasteiger partial charge is 0.389 e. The number of alkyl halides is 3. The first-order valence-electron chi connectivity index (χ1n) is 6.83. The van der Waals surface area contributed by atoms with Crippen molar-refractivity contribution >= 4 is 0 Å². The molecule has 0 bridgehead atoms. The molecular formula is C15H21F4N. The first kappa shape index (κ1) is 17.0. The van der Waals surface area contributed by atoms with Gasteiger partial charge in [-0.2, -0.15) is 13.2 Å². The molecule has 1 rings (SSSR count). The maximum absolute atomic E-state index is 12.9. The lowest BCUT2D eigenvalue weighted by atomic mass is 10.1. The summed E-state index contributed by atoms with van der Waals surface area (Å²) in [5.74, 6) is -0.250. The predicted molar refractivity (Wildman–Crippen MR) is 72.2 cm³/mol. The van der Waals surface area contributed by atoms with Crippen molar-refractivity contribution in [3.8, 4) is 0 Å². The molecule has 1 atom stereocenters. The lowest BCUT2D eigenvalue weighted by molar-refractivity contribution is -0.135. The van der Waals surface area contributed by atoms with Crippen LogP contribution in [0.2, 0.25) is 0 Å². The normalized spacial score (nSPS) is 13.5. The molecule has 20 heavy (non-hydrogen) atoms. The van der Waals surface area contributed by atoms with Crippen LogP contribution in [-0.4, -0.2) is 18.8 Å². The van der Waals surface area contributed by atoms with Crippen molar-refractivity contribution in [1.29, 1.82) is 0 Å². The van der Waals surface area contributed by atoms with Crippen molar-refractivity contribution in [2.75, 3.05) is 6.54 Å². The summed E-state index contributed by atoms with van der Waals surface area (Å²) in [4.78, 5) is 0. The van der Waals surface area contributed by atoms with Crippen LogP contribution in [-0.2, 0) is 6.42 Å². The fourth-order valence-corrected chi connectivity index (χ4v) is 2.10. The molecule has 0 heterocycles. The van der Waals surface area contributed by atoms with Gasteiger partial charge in [0.2, 0.25) is 0 Å². The van der Waals surface area contributed by atoms with E-state index < -0.39 is 12.6 Å². The van der Waals surface area contributed by atoms with Gasteiger partial charge in [-0.05, 0) is 62.9 Å². The number of benzene rings is 1. The number of hydrogen-bond donors (Lipinski definition) is 1. The highest BCUT2D eigenvalue weighted by molar-refractivity contribution is 5.26. The molecule has 0 saturated heterocycles. The second-order valence-electron chi connectivity index (χ2n) is 5.18. The van der Waals surface area contributed by atoms with E-state index in [4.69, 9.17) is 0 Å². The molecule has 0 aliphatic heterocycles. The van der Waals surface area contributed by atoms with E-state index in [0.717, 1.165) is 17.5 Å². The van der Waals surface area contributed by atoms with E-state index in [2.05, 4.69) is 5.32 Å². The summed E-state index contributed by atoms with van der Waals surface area (Å²) >= 11 is 0. The van der Waals surface area contributed by atoms with Gasteiger partial charge in [-0.1, -0.05) is 6.07 Å². The Morgan fingerprint density at radius 2 is 1.95 bits per heavy atom. The zero-order valence-electron chi connectivity index (χ0n) is 11.9. The van der Waals surface area contributed by atoms with E-state index >= 15 is 0 Å². The summed E-state index contributed by atoms with van der Waals surface area (Å²) in [5.41, 5.74) is 1.96. The van der Waals surface area contributed by atoms with E-state index in [0.29, 0.717) is 13.0 Å². The second-order valence-corrected chi connectivity index (χ2v) is 5.18. The Bertz CT molecular complexity index is 415. The van der Waals surface area contributed by atoms with Gasteiger partial charge in [0.05, 0.1) is 0 Å². The Kier molecular flexibility index (Phi) is 6.46. The minimum absolute atomic E-state index is 0.0538. The second kappa shape index (κ2) is 7.62. The summed E-state index contributed by atoms with van der Waals surface area (Å²) in [5, 5.41) is 3.20.